The molecular weight excluding hydrogens is 334 g/mol. The summed E-state index contributed by atoms with van der Waals surface area (Å²) in [5, 5.41) is 0. The molecule has 0 aliphatic carbocycles. The summed E-state index contributed by atoms with van der Waals surface area (Å²) in [5.41, 5.74) is 12.3. The molecule has 2 aromatic carbocycles. The van der Waals surface area contributed by atoms with Gasteiger partial charge in [-0.05, 0) is 55.8 Å². The van der Waals surface area contributed by atoms with Gasteiger partial charge in [0.2, 0.25) is 0 Å². The molecule has 2 rings (SSSR count). The number of aliphatic imine (C=N–C) groups is 1. The summed E-state index contributed by atoms with van der Waals surface area (Å²) in [5.74, 6) is -0.867. The van der Waals surface area contributed by atoms with Crippen molar-refractivity contribution in [3.8, 4) is 5.75 Å². The number of nitrogens with two attached hydrogens (primary N) is 2. The quantitative estimate of drug-likeness (QED) is 0.356. The molecule has 0 unspecified atom stereocenters. The Balaban J connectivity index is 2.03. The molecule has 0 bridgehead atoms. The molecule has 0 saturated heterocycles. The average Bonchev–Trinajstić information content (AvgIpc) is 2.62. The van der Waals surface area contributed by atoms with Crippen LogP contribution in [0.1, 0.15) is 35.7 Å². The van der Waals surface area contributed by atoms with Crippen LogP contribution < -0.4 is 16.2 Å². The number of carbonyl (C=O) groups excluding carboxylic acids is 2. The second-order valence-electron chi connectivity index (χ2n) is 5.52. The van der Waals surface area contributed by atoms with Crippen LogP contribution in [-0.4, -0.2) is 24.5 Å². The van der Waals surface area contributed by atoms with E-state index in [0.717, 1.165) is 5.56 Å². The van der Waals surface area contributed by atoms with E-state index >= 15 is 0 Å². The largest absolute Gasteiger partial charge is 0.466 e. The summed E-state index contributed by atoms with van der Waals surface area (Å²) in [4.78, 5) is 27.8. The molecule has 4 N–H and O–H groups in total. The van der Waals surface area contributed by atoms with Gasteiger partial charge < -0.3 is 20.9 Å². The van der Waals surface area contributed by atoms with Crippen LogP contribution in [0.5, 0.6) is 5.75 Å². The van der Waals surface area contributed by atoms with Crippen molar-refractivity contribution in [1.82, 2.24) is 0 Å². The van der Waals surface area contributed by atoms with E-state index in [1.807, 2.05) is 0 Å². The maximum atomic E-state index is 12.2. The number of hydrogen-bond donors (Lipinski definition) is 2. The van der Waals surface area contributed by atoms with Gasteiger partial charge in [0.25, 0.3) is 0 Å². The van der Waals surface area contributed by atoms with Crippen molar-refractivity contribution in [1.29, 1.82) is 0 Å². The molecule has 0 aliphatic heterocycles. The second-order valence-corrected chi connectivity index (χ2v) is 5.52. The Morgan fingerprint density at radius 1 is 1.04 bits per heavy atom. The zero-order valence-corrected chi connectivity index (χ0v) is 14.6. The van der Waals surface area contributed by atoms with E-state index in [0.29, 0.717) is 23.6 Å². The van der Waals surface area contributed by atoms with Crippen LogP contribution in [-0.2, 0) is 9.53 Å². The van der Waals surface area contributed by atoms with Crippen LogP contribution in [0.15, 0.2) is 53.5 Å². The first-order chi connectivity index (χ1) is 12.4. The first-order valence-corrected chi connectivity index (χ1v) is 8.09. The fourth-order valence-corrected chi connectivity index (χ4v) is 2.21. The summed E-state index contributed by atoms with van der Waals surface area (Å²) >= 11 is 0. The summed E-state index contributed by atoms with van der Waals surface area (Å²) in [6, 6.07) is 13.1. The van der Waals surface area contributed by atoms with Crippen LogP contribution in [0.3, 0.4) is 0 Å². The van der Waals surface area contributed by atoms with Gasteiger partial charge >= 0.3 is 11.9 Å². The predicted molar refractivity (Wildman–Crippen MR) is 98.4 cm³/mol. The van der Waals surface area contributed by atoms with E-state index in [1.54, 1.807) is 62.4 Å². The van der Waals surface area contributed by atoms with E-state index in [-0.39, 0.29) is 17.8 Å². The van der Waals surface area contributed by atoms with Crippen LogP contribution in [0.2, 0.25) is 0 Å². The molecule has 0 spiro atoms. The van der Waals surface area contributed by atoms with E-state index in [9.17, 15) is 9.59 Å². The molecule has 0 heterocycles. The van der Waals surface area contributed by atoms with Crippen molar-refractivity contribution in [2.24, 2.45) is 16.5 Å². The van der Waals surface area contributed by atoms with Crippen molar-refractivity contribution in [3.63, 3.8) is 0 Å². The Kier molecular flexibility index (Phi) is 6.32. The maximum absolute atomic E-state index is 12.2. The summed E-state index contributed by atoms with van der Waals surface area (Å²) < 4.78 is 10.3. The number of ether oxygens (including phenoxy) is 2. The molecule has 2 aromatic rings. The van der Waals surface area contributed by atoms with Gasteiger partial charge in [-0.1, -0.05) is 12.1 Å². The highest BCUT2D eigenvalue weighted by atomic mass is 16.5. The van der Waals surface area contributed by atoms with Gasteiger partial charge in [0.1, 0.15) is 5.75 Å². The average molecular weight is 355 g/mol. The van der Waals surface area contributed by atoms with Gasteiger partial charge in [-0.3, -0.25) is 4.79 Å². The Bertz CT molecular complexity index is 795. The smallest absolute Gasteiger partial charge is 0.343 e. The van der Waals surface area contributed by atoms with Crippen molar-refractivity contribution in [2.45, 2.75) is 19.8 Å². The van der Waals surface area contributed by atoms with Crippen LogP contribution >= 0.6 is 0 Å². The lowest BCUT2D eigenvalue weighted by molar-refractivity contribution is -0.144. The van der Waals surface area contributed by atoms with E-state index < -0.39 is 5.97 Å². The van der Waals surface area contributed by atoms with Crippen LogP contribution in [0.25, 0.3) is 0 Å². The summed E-state index contributed by atoms with van der Waals surface area (Å²) in [6.07, 6.45) is 0. The third-order valence-corrected chi connectivity index (χ3v) is 3.59. The van der Waals surface area contributed by atoms with Gasteiger partial charge in [-0.15, -0.1) is 0 Å². The molecule has 1 atom stereocenters. The minimum absolute atomic E-state index is 0.0579. The van der Waals surface area contributed by atoms with E-state index in [2.05, 4.69) is 4.99 Å². The molecule has 0 amide bonds. The Morgan fingerprint density at radius 3 is 2.19 bits per heavy atom. The first-order valence-electron chi connectivity index (χ1n) is 8.09. The number of guanidine groups is 1. The van der Waals surface area contributed by atoms with E-state index in [1.165, 1.54) is 0 Å². The highest BCUT2D eigenvalue weighted by molar-refractivity contribution is 5.91. The predicted octanol–water partition coefficient (Wildman–Crippen LogP) is 2.48. The van der Waals surface area contributed by atoms with Gasteiger partial charge in [-0.2, -0.15) is 0 Å². The molecule has 0 fully saturated rings. The minimum atomic E-state index is -0.507. The summed E-state index contributed by atoms with van der Waals surface area (Å²) in [7, 11) is 0. The van der Waals surface area contributed by atoms with Crippen LogP contribution in [0, 0.1) is 0 Å². The number of nitrogens with zero attached hydrogens (tertiary/aromatic N) is 1. The lowest BCUT2D eigenvalue weighted by Crippen LogP contribution is -2.21. The SMILES string of the molecule is CCOC(=O)[C@H](C)c1ccc(OC(=O)c2ccc(N=C(N)N)cc2)cc1. The second kappa shape index (κ2) is 8.66. The third kappa shape index (κ3) is 5.07. The highest BCUT2D eigenvalue weighted by Gasteiger charge is 2.16. The molecule has 136 valence electrons. The van der Waals surface area contributed by atoms with Gasteiger partial charge in [0.05, 0.1) is 23.8 Å². The fraction of sp³-hybridized carbons (Fsp3) is 0.211. The highest BCUT2D eigenvalue weighted by Crippen LogP contribution is 2.21. The summed E-state index contributed by atoms with van der Waals surface area (Å²) in [6.45, 7) is 3.86. The van der Waals surface area contributed by atoms with Crippen molar-refractivity contribution in [2.75, 3.05) is 6.61 Å². The standard InChI is InChI=1S/C19H21N3O4/c1-3-25-17(23)12(2)13-6-10-16(11-7-13)26-18(24)14-4-8-15(9-5-14)22-19(20)21/h4-12H,3H2,1-2H3,(H4,20,21,22)/t12-/m1/s1. The van der Waals surface area contributed by atoms with Crippen LogP contribution in [0.4, 0.5) is 5.69 Å². The molecule has 7 nitrogen and oxygen atoms in total. The third-order valence-electron chi connectivity index (χ3n) is 3.59. The molecule has 0 saturated carbocycles. The van der Waals surface area contributed by atoms with Crippen molar-refractivity contribution >= 4 is 23.6 Å². The molecule has 26 heavy (non-hydrogen) atoms. The van der Waals surface area contributed by atoms with Gasteiger partial charge in [-0.25, -0.2) is 9.79 Å². The lowest BCUT2D eigenvalue weighted by atomic mass is 10.0. The van der Waals surface area contributed by atoms with Crippen molar-refractivity contribution in [3.05, 3.63) is 59.7 Å². The van der Waals surface area contributed by atoms with Crippen molar-refractivity contribution < 1.29 is 19.1 Å². The zero-order valence-electron chi connectivity index (χ0n) is 14.6. The normalized spacial score (nSPS) is 11.3. The van der Waals surface area contributed by atoms with Gasteiger partial charge in [0, 0.05) is 0 Å². The monoisotopic (exact) mass is 355 g/mol. The number of esters is 2. The molecule has 7 heteroatoms. The number of rotatable bonds is 6. The fourth-order valence-electron chi connectivity index (χ4n) is 2.21. The molecule has 0 aliphatic rings. The molecule has 0 radical (unpaired) electrons. The molecule has 0 aromatic heterocycles. The zero-order chi connectivity index (χ0) is 19.1. The first kappa shape index (κ1) is 19.0. The minimum Gasteiger partial charge on any atom is -0.466 e. The van der Waals surface area contributed by atoms with E-state index in [4.69, 9.17) is 20.9 Å². The van der Waals surface area contributed by atoms with Gasteiger partial charge in [0.15, 0.2) is 5.96 Å². The topological polar surface area (TPSA) is 117 Å². The maximum Gasteiger partial charge on any atom is 0.343 e. The number of hydrogen-bond acceptors (Lipinski definition) is 5. The molecular formula is C19H21N3O4. The Labute approximate surface area is 151 Å². The Hall–Kier alpha value is -3.35. The number of benzene rings is 2. The Morgan fingerprint density at radius 2 is 1.65 bits per heavy atom. The number of carbonyl (C=O) groups is 2. The lowest BCUT2D eigenvalue weighted by Gasteiger charge is -2.11.